The van der Waals surface area contributed by atoms with Crippen LogP contribution in [0.15, 0.2) is 48.5 Å². The second-order valence-corrected chi connectivity index (χ2v) is 9.16. The van der Waals surface area contributed by atoms with Gasteiger partial charge in [0.1, 0.15) is 15.6 Å². The highest BCUT2D eigenvalue weighted by molar-refractivity contribution is 7.17. The fourth-order valence-corrected chi connectivity index (χ4v) is 4.24. The van der Waals surface area contributed by atoms with Crippen LogP contribution >= 0.6 is 22.9 Å². The zero-order chi connectivity index (χ0) is 22.5. The Labute approximate surface area is 196 Å². The van der Waals surface area contributed by atoms with E-state index in [4.69, 9.17) is 16.3 Å². The molecule has 0 atom stereocenters. The minimum absolute atomic E-state index is 0.0259. The number of thiazole rings is 1. The fourth-order valence-electron chi connectivity index (χ4n) is 3.12. The van der Waals surface area contributed by atoms with Crippen LogP contribution in [-0.2, 0) is 11.2 Å². The first-order valence-corrected chi connectivity index (χ1v) is 11.7. The van der Waals surface area contributed by atoms with Gasteiger partial charge in [0.05, 0.1) is 5.69 Å². The van der Waals surface area contributed by atoms with Crippen molar-refractivity contribution in [2.45, 2.75) is 32.2 Å². The molecule has 1 aliphatic carbocycles. The summed E-state index contributed by atoms with van der Waals surface area (Å²) in [7, 11) is 0. The first-order chi connectivity index (χ1) is 15.5. The number of hydrogen-bond acceptors (Lipinski definition) is 5. The second-order valence-electron chi connectivity index (χ2n) is 7.72. The van der Waals surface area contributed by atoms with Gasteiger partial charge >= 0.3 is 0 Å². The predicted molar refractivity (Wildman–Crippen MR) is 126 cm³/mol. The Morgan fingerprint density at radius 3 is 2.53 bits per heavy atom. The summed E-state index contributed by atoms with van der Waals surface area (Å²) in [5.74, 6) is 0.442. The zero-order valence-electron chi connectivity index (χ0n) is 17.7. The van der Waals surface area contributed by atoms with Gasteiger partial charge in [0, 0.05) is 23.2 Å². The van der Waals surface area contributed by atoms with E-state index in [1.54, 1.807) is 0 Å². The van der Waals surface area contributed by atoms with Gasteiger partial charge in [0.15, 0.2) is 6.61 Å². The Morgan fingerprint density at radius 2 is 1.84 bits per heavy atom. The molecule has 3 aromatic rings. The van der Waals surface area contributed by atoms with Gasteiger partial charge in [-0.1, -0.05) is 35.9 Å². The van der Waals surface area contributed by atoms with Crippen LogP contribution in [0.4, 0.5) is 0 Å². The van der Waals surface area contributed by atoms with E-state index in [0.29, 0.717) is 40.4 Å². The molecule has 1 aliphatic rings. The highest BCUT2D eigenvalue weighted by Gasteiger charge is 2.23. The lowest BCUT2D eigenvalue weighted by atomic mass is 10.1. The number of hydrogen-bond donors (Lipinski definition) is 2. The fraction of sp³-hybridized carbons (Fsp3) is 0.292. The van der Waals surface area contributed by atoms with Crippen LogP contribution in [0, 0.1) is 6.92 Å². The normalized spacial score (nSPS) is 12.9. The maximum absolute atomic E-state index is 12.6. The first kappa shape index (κ1) is 22.3. The van der Waals surface area contributed by atoms with Crippen molar-refractivity contribution in [2.24, 2.45) is 0 Å². The van der Waals surface area contributed by atoms with Crippen LogP contribution < -0.4 is 15.4 Å². The Balaban J connectivity index is 1.24. The van der Waals surface area contributed by atoms with Crippen molar-refractivity contribution < 1.29 is 14.3 Å². The van der Waals surface area contributed by atoms with Crippen LogP contribution in [-0.4, -0.2) is 36.0 Å². The highest BCUT2D eigenvalue weighted by Crippen LogP contribution is 2.28. The lowest BCUT2D eigenvalue weighted by Crippen LogP contribution is -2.30. The number of nitrogens with one attached hydrogen (secondary N) is 2. The lowest BCUT2D eigenvalue weighted by molar-refractivity contribution is -0.123. The first-order valence-electron chi connectivity index (χ1n) is 10.5. The number of carbonyl (C=O) groups is 2. The number of benzene rings is 2. The summed E-state index contributed by atoms with van der Waals surface area (Å²) >= 11 is 7.32. The Kier molecular flexibility index (Phi) is 7.07. The molecule has 6 nitrogen and oxygen atoms in total. The van der Waals surface area contributed by atoms with Crippen LogP contribution in [0.3, 0.4) is 0 Å². The molecular weight excluding hydrogens is 446 g/mol. The van der Waals surface area contributed by atoms with Crippen LogP contribution in [0.1, 0.15) is 33.8 Å². The van der Waals surface area contributed by atoms with Crippen molar-refractivity contribution in [3.05, 3.63) is 69.7 Å². The molecule has 4 rings (SSSR count). The van der Waals surface area contributed by atoms with Gasteiger partial charge in [-0.25, -0.2) is 4.98 Å². The molecule has 1 fully saturated rings. The SMILES string of the molecule is Cc1nc(-c2ccc(Cl)cc2)sc1C(=O)NCCc1ccc(OCC(=O)NC2CC2)cc1. The van der Waals surface area contributed by atoms with Crippen molar-refractivity contribution >= 4 is 34.8 Å². The Morgan fingerprint density at radius 1 is 1.12 bits per heavy atom. The average Bonchev–Trinajstić information content (AvgIpc) is 3.51. The Hall–Kier alpha value is -2.90. The van der Waals surface area contributed by atoms with Gasteiger partial charge in [-0.05, 0) is 56.0 Å². The number of halogens is 1. The minimum atomic E-state index is -0.123. The number of aromatic nitrogens is 1. The third-order valence-corrected chi connectivity index (χ3v) is 6.49. The zero-order valence-corrected chi connectivity index (χ0v) is 19.3. The van der Waals surface area contributed by atoms with Gasteiger partial charge in [-0.2, -0.15) is 0 Å². The third-order valence-electron chi connectivity index (χ3n) is 5.03. The molecule has 2 amide bonds. The van der Waals surface area contributed by atoms with E-state index in [9.17, 15) is 9.59 Å². The van der Waals surface area contributed by atoms with Crippen molar-refractivity contribution in [1.82, 2.24) is 15.6 Å². The molecule has 0 bridgehead atoms. The molecule has 0 spiro atoms. The maximum atomic E-state index is 12.6. The number of nitrogens with zero attached hydrogens (tertiary/aromatic N) is 1. The van der Waals surface area contributed by atoms with Gasteiger partial charge < -0.3 is 15.4 Å². The summed E-state index contributed by atoms with van der Waals surface area (Å²) in [5.41, 5.74) is 2.72. The molecule has 0 unspecified atom stereocenters. The smallest absolute Gasteiger partial charge is 0.263 e. The van der Waals surface area contributed by atoms with Crippen LogP contribution in [0.5, 0.6) is 5.75 Å². The van der Waals surface area contributed by atoms with Crippen LogP contribution in [0.25, 0.3) is 10.6 Å². The molecule has 0 saturated heterocycles. The summed E-state index contributed by atoms with van der Waals surface area (Å²) in [6.07, 6.45) is 2.81. The highest BCUT2D eigenvalue weighted by atomic mass is 35.5. The lowest BCUT2D eigenvalue weighted by Gasteiger charge is -2.08. The topological polar surface area (TPSA) is 80.3 Å². The third kappa shape index (κ3) is 6.08. The molecule has 2 aromatic carbocycles. The molecule has 32 heavy (non-hydrogen) atoms. The van der Waals surface area contributed by atoms with E-state index >= 15 is 0 Å². The van der Waals surface area contributed by atoms with Crippen molar-refractivity contribution in [2.75, 3.05) is 13.2 Å². The van der Waals surface area contributed by atoms with E-state index in [2.05, 4.69) is 15.6 Å². The number of amides is 2. The van der Waals surface area contributed by atoms with E-state index < -0.39 is 0 Å². The molecule has 2 N–H and O–H groups in total. The quantitative estimate of drug-likeness (QED) is 0.486. The molecule has 8 heteroatoms. The van der Waals surface area contributed by atoms with Crippen LogP contribution in [0.2, 0.25) is 5.02 Å². The van der Waals surface area contributed by atoms with E-state index in [-0.39, 0.29) is 18.4 Å². The van der Waals surface area contributed by atoms with Gasteiger partial charge in [-0.3, -0.25) is 9.59 Å². The van der Waals surface area contributed by atoms with E-state index in [0.717, 1.165) is 29.0 Å². The molecule has 0 aliphatic heterocycles. The van der Waals surface area contributed by atoms with Crippen molar-refractivity contribution in [3.8, 4) is 16.3 Å². The Bertz CT molecular complexity index is 1090. The summed E-state index contributed by atoms with van der Waals surface area (Å²) in [5, 5.41) is 7.32. The number of rotatable bonds is 9. The molecule has 0 radical (unpaired) electrons. The standard InChI is InChI=1S/C24H24ClN3O3S/c1-15-22(32-24(27-15)17-4-6-18(25)7-5-17)23(30)26-13-12-16-2-10-20(11-3-16)31-14-21(29)28-19-8-9-19/h2-7,10-11,19H,8-9,12-14H2,1H3,(H,26,30)(H,28,29). The monoisotopic (exact) mass is 469 g/mol. The minimum Gasteiger partial charge on any atom is -0.484 e. The number of ether oxygens (including phenoxy) is 1. The molecule has 1 aromatic heterocycles. The average molecular weight is 470 g/mol. The summed E-state index contributed by atoms with van der Waals surface area (Å²) in [6.45, 7) is 2.38. The molecule has 166 valence electrons. The molecule has 1 heterocycles. The van der Waals surface area contributed by atoms with Gasteiger partial charge in [0.25, 0.3) is 11.8 Å². The summed E-state index contributed by atoms with van der Waals surface area (Å²) in [6, 6.07) is 15.3. The van der Waals surface area contributed by atoms with Crippen molar-refractivity contribution in [3.63, 3.8) is 0 Å². The van der Waals surface area contributed by atoms with Gasteiger partial charge in [-0.15, -0.1) is 11.3 Å². The second kappa shape index (κ2) is 10.1. The summed E-state index contributed by atoms with van der Waals surface area (Å²) < 4.78 is 5.52. The molecular formula is C24H24ClN3O3S. The predicted octanol–water partition coefficient (Wildman–Crippen LogP) is 4.40. The van der Waals surface area contributed by atoms with Gasteiger partial charge in [0.2, 0.25) is 0 Å². The number of aryl methyl sites for hydroxylation is 1. The maximum Gasteiger partial charge on any atom is 0.263 e. The number of carbonyl (C=O) groups excluding carboxylic acids is 2. The van der Waals surface area contributed by atoms with E-state index in [1.807, 2.05) is 55.5 Å². The largest absolute Gasteiger partial charge is 0.484 e. The molecule has 1 saturated carbocycles. The van der Waals surface area contributed by atoms with Crippen molar-refractivity contribution in [1.29, 1.82) is 0 Å². The van der Waals surface area contributed by atoms with E-state index in [1.165, 1.54) is 11.3 Å². The summed E-state index contributed by atoms with van der Waals surface area (Å²) in [4.78, 5) is 29.5.